The minimum Gasteiger partial charge on any atom is -0.390 e. The molecular formula is C17H18ClN7O. The maximum atomic E-state index is 10.5. The van der Waals surface area contributed by atoms with Gasteiger partial charge in [0, 0.05) is 20.5 Å². The third-order valence-corrected chi connectivity index (χ3v) is 4.65. The molecule has 2 atom stereocenters. The molecular weight excluding hydrogens is 354 g/mol. The molecule has 0 saturated heterocycles. The first-order chi connectivity index (χ1) is 12.6. The van der Waals surface area contributed by atoms with Crippen LogP contribution in [0.2, 0.25) is 5.28 Å². The zero-order valence-corrected chi connectivity index (χ0v) is 15.0. The summed E-state index contributed by atoms with van der Waals surface area (Å²) in [5.74, 6) is 1.42. The molecule has 0 bridgehead atoms. The number of aliphatic hydroxyl groups is 1. The number of nitrogens with one attached hydrogen (secondary N) is 3. The fourth-order valence-electron chi connectivity index (χ4n) is 3.29. The van der Waals surface area contributed by atoms with Gasteiger partial charge in [-0.2, -0.15) is 9.97 Å². The topological polar surface area (TPSA) is 108 Å². The number of hydrogen-bond donors (Lipinski definition) is 4. The largest absolute Gasteiger partial charge is 0.390 e. The van der Waals surface area contributed by atoms with Crippen LogP contribution in [0.5, 0.6) is 0 Å². The van der Waals surface area contributed by atoms with Gasteiger partial charge in [-0.25, -0.2) is 9.97 Å². The van der Waals surface area contributed by atoms with Crippen molar-refractivity contribution in [2.24, 2.45) is 0 Å². The lowest BCUT2D eigenvalue weighted by atomic mass is 10.1. The molecule has 0 saturated carbocycles. The Morgan fingerprint density at radius 2 is 1.69 bits per heavy atom. The molecule has 9 heteroatoms. The Morgan fingerprint density at radius 1 is 1.00 bits per heavy atom. The van der Waals surface area contributed by atoms with Gasteiger partial charge in [-0.15, -0.1) is 0 Å². The molecule has 134 valence electrons. The van der Waals surface area contributed by atoms with E-state index in [2.05, 4.69) is 35.9 Å². The van der Waals surface area contributed by atoms with Gasteiger partial charge >= 0.3 is 0 Å². The van der Waals surface area contributed by atoms with Crippen LogP contribution in [-0.2, 0) is 6.42 Å². The number of benzene rings is 1. The van der Waals surface area contributed by atoms with Crippen LogP contribution in [0.4, 0.5) is 17.6 Å². The third kappa shape index (κ3) is 2.77. The van der Waals surface area contributed by atoms with Crippen LogP contribution in [0.3, 0.4) is 0 Å². The summed E-state index contributed by atoms with van der Waals surface area (Å²) < 4.78 is 0. The first kappa shape index (κ1) is 16.7. The molecule has 8 nitrogen and oxygen atoms in total. The third-order valence-electron chi connectivity index (χ3n) is 4.48. The predicted octanol–water partition coefficient (Wildman–Crippen LogP) is 2.23. The number of hydrogen-bond acceptors (Lipinski definition) is 8. The number of aromatic nitrogens is 4. The fraction of sp³-hybridized carbons (Fsp3) is 0.294. The molecule has 0 radical (unpaired) electrons. The number of aliphatic hydroxyl groups excluding tert-OH is 1. The van der Waals surface area contributed by atoms with E-state index in [0.29, 0.717) is 35.0 Å². The molecule has 0 aliphatic heterocycles. The van der Waals surface area contributed by atoms with Crippen LogP contribution in [-0.4, -0.2) is 45.2 Å². The summed E-state index contributed by atoms with van der Waals surface area (Å²) in [5, 5.41) is 19.8. The molecule has 1 aliphatic rings. The number of halogens is 1. The van der Waals surface area contributed by atoms with Gasteiger partial charge in [0.1, 0.15) is 11.0 Å². The lowest BCUT2D eigenvalue weighted by Crippen LogP contribution is -2.22. The van der Waals surface area contributed by atoms with Gasteiger partial charge in [-0.05, 0) is 22.7 Å². The predicted molar refractivity (Wildman–Crippen MR) is 102 cm³/mol. The van der Waals surface area contributed by atoms with Crippen molar-refractivity contribution in [2.45, 2.75) is 18.6 Å². The molecule has 3 aromatic rings. The van der Waals surface area contributed by atoms with E-state index >= 15 is 0 Å². The summed E-state index contributed by atoms with van der Waals surface area (Å²) in [6.07, 6.45) is 0.0517. The standard InChI is InChI=1S/C17H18ClN7O/c1-19-14-13-12(21-16(18)24-14)15(20-2)25-17(23-13)22-11-9-6-4-3-5-8(9)7-10(11)26/h3-6,10-11,26H,7H2,1-2H3,(H,19,21,24)(H2,20,22,23,25)/t10-,11-/m1/s1. The van der Waals surface area contributed by atoms with Gasteiger partial charge in [-0.3, -0.25) is 0 Å². The highest BCUT2D eigenvalue weighted by atomic mass is 35.5. The van der Waals surface area contributed by atoms with Gasteiger partial charge in [0.25, 0.3) is 0 Å². The van der Waals surface area contributed by atoms with Crippen molar-refractivity contribution in [3.63, 3.8) is 0 Å². The average Bonchev–Trinajstić information content (AvgIpc) is 2.96. The highest BCUT2D eigenvalue weighted by Gasteiger charge is 2.31. The number of nitrogens with zero attached hydrogens (tertiary/aromatic N) is 4. The zero-order valence-electron chi connectivity index (χ0n) is 14.3. The van der Waals surface area contributed by atoms with Crippen molar-refractivity contribution in [3.8, 4) is 0 Å². The van der Waals surface area contributed by atoms with Crippen LogP contribution in [0.1, 0.15) is 17.2 Å². The Morgan fingerprint density at radius 3 is 2.46 bits per heavy atom. The van der Waals surface area contributed by atoms with Gasteiger partial charge in [0.15, 0.2) is 11.6 Å². The number of fused-ring (bicyclic) bond motifs is 2. The maximum absolute atomic E-state index is 10.5. The Bertz CT molecular complexity index is 981. The summed E-state index contributed by atoms with van der Waals surface area (Å²) in [6, 6.07) is 7.68. The smallest absolute Gasteiger partial charge is 0.226 e. The Kier molecular flexibility index (Phi) is 4.21. The summed E-state index contributed by atoms with van der Waals surface area (Å²) in [6.45, 7) is 0. The first-order valence-corrected chi connectivity index (χ1v) is 8.61. The molecule has 1 aliphatic carbocycles. The second-order valence-corrected chi connectivity index (χ2v) is 6.36. The lowest BCUT2D eigenvalue weighted by Gasteiger charge is -2.19. The number of anilines is 3. The summed E-state index contributed by atoms with van der Waals surface area (Å²) >= 11 is 5.99. The van der Waals surface area contributed by atoms with E-state index < -0.39 is 6.10 Å². The average molecular weight is 372 g/mol. The molecule has 0 fully saturated rings. The Hall–Kier alpha value is -2.71. The molecule has 2 heterocycles. The van der Waals surface area contributed by atoms with Crippen molar-refractivity contribution in [2.75, 3.05) is 30.0 Å². The van der Waals surface area contributed by atoms with Crippen molar-refractivity contribution >= 4 is 40.2 Å². The highest BCUT2D eigenvalue weighted by molar-refractivity contribution is 6.29. The van der Waals surface area contributed by atoms with Crippen molar-refractivity contribution in [1.82, 2.24) is 19.9 Å². The normalized spacial score (nSPS) is 18.6. The van der Waals surface area contributed by atoms with Gasteiger partial charge in [0.05, 0.1) is 12.1 Å². The van der Waals surface area contributed by atoms with E-state index in [1.165, 1.54) is 0 Å². The monoisotopic (exact) mass is 371 g/mol. The van der Waals surface area contributed by atoms with Crippen molar-refractivity contribution in [1.29, 1.82) is 0 Å². The van der Waals surface area contributed by atoms with E-state index in [1.807, 2.05) is 24.3 Å². The highest BCUT2D eigenvalue weighted by Crippen LogP contribution is 2.34. The van der Waals surface area contributed by atoms with Gasteiger partial charge in [0.2, 0.25) is 11.2 Å². The second kappa shape index (κ2) is 6.54. The molecule has 1 aromatic carbocycles. The molecule has 4 rings (SSSR count). The maximum Gasteiger partial charge on any atom is 0.226 e. The SMILES string of the molecule is CNc1nc(N[C@@H]2c3ccccc3C[C@H]2O)nc2c(NC)nc(Cl)nc12. The quantitative estimate of drug-likeness (QED) is 0.517. The molecule has 0 spiro atoms. The molecule has 26 heavy (non-hydrogen) atoms. The fourth-order valence-corrected chi connectivity index (χ4v) is 3.46. The van der Waals surface area contributed by atoms with Crippen LogP contribution >= 0.6 is 11.6 Å². The molecule has 0 amide bonds. The Balaban J connectivity index is 1.79. The van der Waals surface area contributed by atoms with E-state index in [1.54, 1.807) is 14.1 Å². The van der Waals surface area contributed by atoms with E-state index in [9.17, 15) is 5.11 Å². The lowest BCUT2D eigenvalue weighted by molar-refractivity contribution is 0.165. The Labute approximate surface area is 155 Å². The summed E-state index contributed by atoms with van der Waals surface area (Å²) in [7, 11) is 3.49. The van der Waals surface area contributed by atoms with Gasteiger partial charge in [-0.1, -0.05) is 24.3 Å². The molecule has 0 unspecified atom stereocenters. The van der Waals surface area contributed by atoms with Crippen LogP contribution in [0, 0.1) is 0 Å². The molecule has 4 N–H and O–H groups in total. The van der Waals surface area contributed by atoms with Crippen LogP contribution < -0.4 is 16.0 Å². The van der Waals surface area contributed by atoms with E-state index in [4.69, 9.17) is 11.6 Å². The van der Waals surface area contributed by atoms with E-state index in [-0.39, 0.29) is 11.3 Å². The summed E-state index contributed by atoms with van der Waals surface area (Å²) in [5.41, 5.74) is 3.24. The van der Waals surface area contributed by atoms with Crippen molar-refractivity contribution < 1.29 is 5.11 Å². The minimum absolute atomic E-state index is 0.114. The minimum atomic E-state index is -0.546. The van der Waals surface area contributed by atoms with Crippen LogP contribution in [0.15, 0.2) is 24.3 Å². The van der Waals surface area contributed by atoms with Crippen molar-refractivity contribution in [3.05, 3.63) is 40.7 Å². The first-order valence-electron chi connectivity index (χ1n) is 8.24. The summed E-state index contributed by atoms with van der Waals surface area (Å²) in [4.78, 5) is 17.4. The van der Waals surface area contributed by atoms with Gasteiger partial charge < -0.3 is 21.1 Å². The molecule has 2 aromatic heterocycles. The zero-order chi connectivity index (χ0) is 18.3. The van der Waals surface area contributed by atoms with Crippen LogP contribution in [0.25, 0.3) is 11.0 Å². The van der Waals surface area contributed by atoms with E-state index in [0.717, 1.165) is 11.1 Å². The number of rotatable bonds is 4. The second-order valence-electron chi connectivity index (χ2n) is 6.03.